The maximum Gasteiger partial charge on any atom is 0.288 e. The van der Waals surface area contributed by atoms with Crippen molar-refractivity contribution >= 4 is 29.1 Å². The molecule has 2 heterocycles. The summed E-state index contributed by atoms with van der Waals surface area (Å²) in [4.78, 5) is 8.02. The number of ether oxygens (including phenoxy) is 1. The molecule has 0 saturated heterocycles. The highest BCUT2D eigenvalue weighted by molar-refractivity contribution is 6.30. The zero-order valence-electron chi connectivity index (χ0n) is 15.1. The number of nitrogens with two attached hydrogens (primary N) is 1. The van der Waals surface area contributed by atoms with E-state index in [1.165, 1.54) is 12.3 Å². The number of fused-ring (bicyclic) bond motifs is 1. The van der Waals surface area contributed by atoms with Gasteiger partial charge in [0.25, 0.3) is 11.9 Å². The number of rotatable bonds is 5. The van der Waals surface area contributed by atoms with E-state index in [9.17, 15) is 17.6 Å². The topological polar surface area (TPSA) is 96.4 Å². The molecule has 0 amide bonds. The fourth-order valence-electron chi connectivity index (χ4n) is 2.79. The molecular formula is C18H16ClF4N5O. The highest BCUT2D eigenvalue weighted by Gasteiger charge is 2.40. The van der Waals surface area contributed by atoms with Crippen molar-refractivity contribution in [1.29, 1.82) is 5.41 Å². The molecule has 0 fully saturated rings. The van der Waals surface area contributed by atoms with Gasteiger partial charge < -0.3 is 15.8 Å². The van der Waals surface area contributed by atoms with E-state index in [-0.39, 0.29) is 28.7 Å². The van der Waals surface area contributed by atoms with Crippen LogP contribution in [0.4, 0.5) is 23.2 Å². The van der Waals surface area contributed by atoms with Gasteiger partial charge in [-0.3, -0.25) is 10.4 Å². The van der Waals surface area contributed by atoms with Gasteiger partial charge in [-0.05, 0) is 23.8 Å². The van der Waals surface area contributed by atoms with Crippen LogP contribution in [0.3, 0.4) is 0 Å². The second-order valence-electron chi connectivity index (χ2n) is 6.44. The normalized spacial score (nSPS) is 14.5. The van der Waals surface area contributed by atoms with E-state index in [2.05, 4.69) is 20.0 Å². The van der Waals surface area contributed by atoms with Crippen LogP contribution in [-0.4, -0.2) is 29.4 Å². The van der Waals surface area contributed by atoms with Gasteiger partial charge >= 0.3 is 0 Å². The molecule has 0 bridgehead atoms. The SMILES string of the molecule is C[C@@H](c1cc2c(cc1F)CN=C(c1ncc(Cl)cc1F)N2)C(F)(F)COC(=N)N. The van der Waals surface area contributed by atoms with Crippen molar-refractivity contribution < 1.29 is 22.3 Å². The Morgan fingerprint density at radius 2 is 2.07 bits per heavy atom. The Balaban J connectivity index is 1.90. The Bertz CT molecular complexity index is 998. The molecular weight excluding hydrogens is 414 g/mol. The first-order chi connectivity index (χ1) is 13.6. The van der Waals surface area contributed by atoms with Crippen LogP contribution in [0, 0.1) is 17.0 Å². The standard InChI is InChI=1S/C18H16ClF4N5O/c1-8(18(22,23)7-29-17(24)25)11-4-14-9(2-12(11)20)5-27-16(28-14)15-13(21)3-10(19)6-26-15/h2-4,6,8H,5,7H2,1H3,(H3,24,25)(H,27,28)/t8-/m0/s1. The molecule has 0 aliphatic carbocycles. The Morgan fingerprint density at radius 1 is 1.34 bits per heavy atom. The van der Waals surface area contributed by atoms with Crippen molar-refractivity contribution in [1.82, 2.24) is 4.98 Å². The third-order valence-electron chi connectivity index (χ3n) is 4.44. The van der Waals surface area contributed by atoms with Gasteiger partial charge in [0.05, 0.1) is 17.5 Å². The minimum atomic E-state index is -3.49. The number of aliphatic imine (C=N–C) groups is 1. The fourth-order valence-corrected chi connectivity index (χ4v) is 2.94. The number of aromatic nitrogens is 1. The summed E-state index contributed by atoms with van der Waals surface area (Å²) in [7, 11) is 0. The molecule has 1 aromatic carbocycles. The van der Waals surface area contributed by atoms with Gasteiger partial charge in [0.2, 0.25) is 0 Å². The molecule has 11 heteroatoms. The average molecular weight is 430 g/mol. The molecule has 3 rings (SSSR count). The Kier molecular flexibility index (Phi) is 5.65. The van der Waals surface area contributed by atoms with Crippen molar-refractivity contribution in [2.45, 2.75) is 25.3 Å². The molecule has 29 heavy (non-hydrogen) atoms. The third-order valence-corrected chi connectivity index (χ3v) is 4.64. The lowest BCUT2D eigenvalue weighted by atomic mass is 9.92. The monoisotopic (exact) mass is 429 g/mol. The number of anilines is 1. The van der Waals surface area contributed by atoms with E-state index in [0.717, 1.165) is 19.1 Å². The van der Waals surface area contributed by atoms with E-state index in [0.29, 0.717) is 11.3 Å². The molecule has 2 aromatic rings. The zero-order chi connectivity index (χ0) is 21.3. The first-order valence-electron chi connectivity index (χ1n) is 8.38. The van der Waals surface area contributed by atoms with E-state index in [1.807, 2.05) is 0 Å². The summed E-state index contributed by atoms with van der Waals surface area (Å²) in [5, 5.41) is 9.81. The number of halogens is 5. The van der Waals surface area contributed by atoms with Crippen molar-refractivity contribution in [3.63, 3.8) is 0 Å². The van der Waals surface area contributed by atoms with Crippen LogP contribution < -0.4 is 11.1 Å². The van der Waals surface area contributed by atoms with Crippen molar-refractivity contribution in [3.8, 4) is 0 Å². The molecule has 6 nitrogen and oxygen atoms in total. The molecule has 0 radical (unpaired) electrons. The van der Waals surface area contributed by atoms with Gasteiger partial charge in [-0.1, -0.05) is 18.5 Å². The molecule has 0 spiro atoms. The number of benzene rings is 1. The quantitative estimate of drug-likeness (QED) is 0.380. The lowest BCUT2D eigenvalue weighted by Crippen LogP contribution is -2.33. The van der Waals surface area contributed by atoms with Gasteiger partial charge in [0, 0.05) is 17.4 Å². The summed E-state index contributed by atoms with van der Waals surface area (Å²) < 4.78 is 61.7. The van der Waals surface area contributed by atoms with Crippen LogP contribution in [0.5, 0.6) is 0 Å². The second kappa shape index (κ2) is 7.86. The first-order valence-corrected chi connectivity index (χ1v) is 8.76. The van der Waals surface area contributed by atoms with Gasteiger partial charge in [0.1, 0.15) is 11.5 Å². The van der Waals surface area contributed by atoms with Crippen molar-refractivity contribution in [2.75, 3.05) is 11.9 Å². The minimum Gasteiger partial charge on any atom is -0.459 e. The summed E-state index contributed by atoms with van der Waals surface area (Å²) in [6.45, 7) is -0.0244. The second-order valence-corrected chi connectivity index (χ2v) is 6.88. The van der Waals surface area contributed by atoms with Crippen LogP contribution >= 0.6 is 11.6 Å². The van der Waals surface area contributed by atoms with E-state index < -0.39 is 36.1 Å². The summed E-state index contributed by atoms with van der Waals surface area (Å²) in [5.74, 6) is -6.55. The summed E-state index contributed by atoms with van der Waals surface area (Å²) >= 11 is 5.69. The largest absolute Gasteiger partial charge is 0.459 e. The van der Waals surface area contributed by atoms with Gasteiger partial charge in [-0.2, -0.15) is 0 Å². The van der Waals surface area contributed by atoms with Crippen LogP contribution in [0.15, 0.2) is 29.4 Å². The lowest BCUT2D eigenvalue weighted by molar-refractivity contribution is -0.0649. The highest BCUT2D eigenvalue weighted by atomic mass is 35.5. The molecule has 4 N–H and O–H groups in total. The van der Waals surface area contributed by atoms with Crippen molar-refractivity contribution in [2.24, 2.45) is 10.7 Å². The zero-order valence-corrected chi connectivity index (χ0v) is 15.8. The smallest absolute Gasteiger partial charge is 0.288 e. The fraction of sp³-hybridized carbons (Fsp3) is 0.278. The number of nitrogens with zero attached hydrogens (tertiary/aromatic N) is 2. The Hall–Kier alpha value is -2.88. The van der Waals surface area contributed by atoms with Crippen LogP contribution in [0.2, 0.25) is 5.02 Å². The number of amidine groups is 2. The molecule has 154 valence electrons. The molecule has 1 atom stereocenters. The molecule has 0 saturated carbocycles. The van der Waals surface area contributed by atoms with E-state index >= 15 is 0 Å². The molecule has 1 aliphatic rings. The first kappa shape index (κ1) is 20.8. The Morgan fingerprint density at radius 3 is 2.72 bits per heavy atom. The maximum atomic E-state index is 14.5. The maximum absolute atomic E-state index is 14.5. The number of nitrogens with one attached hydrogen (secondary N) is 2. The number of alkyl halides is 2. The molecule has 0 unspecified atom stereocenters. The summed E-state index contributed by atoms with van der Waals surface area (Å²) in [6.07, 6.45) is 1.24. The lowest BCUT2D eigenvalue weighted by Gasteiger charge is -2.26. The van der Waals surface area contributed by atoms with Gasteiger partial charge in [-0.25, -0.2) is 22.5 Å². The summed E-state index contributed by atoms with van der Waals surface area (Å²) in [5.41, 5.74) is 5.28. The van der Waals surface area contributed by atoms with Crippen LogP contribution in [0.1, 0.15) is 29.7 Å². The average Bonchev–Trinajstić information content (AvgIpc) is 2.65. The Labute approximate surface area is 168 Å². The number of pyridine rings is 1. The molecule has 1 aromatic heterocycles. The third kappa shape index (κ3) is 4.42. The number of hydrogen-bond acceptors (Lipinski definition) is 5. The predicted molar refractivity (Wildman–Crippen MR) is 101 cm³/mol. The number of hydrogen-bond donors (Lipinski definition) is 3. The predicted octanol–water partition coefficient (Wildman–Crippen LogP) is 4.03. The minimum absolute atomic E-state index is 0.0107. The molecule has 1 aliphatic heterocycles. The summed E-state index contributed by atoms with van der Waals surface area (Å²) in [6, 6.07) is 2.53. The van der Waals surface area contributed by atoms with Gasteiger partial charge in [0.15, 0.2) is 18.3 Å². The van der Waals surface area contributed by atoms with Crippen LogP contribution in [0.25, 0.3) is 0 Å². The van der Waals surface area contributed by atoms with Crippen LogP contribution in [-0.2, 0) is 11.3 Å². The van der Waals surface area contributed by atoms with E-state index in [1.54, 1.807) is 0 Å². The van der Waals surface area contributed by atoms with Crippen molar-refractivity contribution in [3.05, 3.63) is 57.9 Å². The van der Waals surface area contributed by atoms with E-state index in [4.69, 9.17) is 22.7 Å². The highest BCUT2D eigenvalue weighted by Crippen LogP contribution is 2.37. The van der Waals surface area contributed by atoms with Gasteiger partial charge in [-0.15, -0.1) is 0 Å².